The van der Waals surface area contributed by atoms with Crippen molar-refractivity contribution in [2.75, 3.05) is 50.8 Å². The molecule has 56 heavy (non-hydrogen) atoms. The third kappa shape index (κ3) is 7.94. The van der Waals surface area contributed by atoms with Gasteiger partial charge in [0.05, 0.1) is 18.8 Å². The van der Waals surface area contributed by atoms with E-state index in [0.29, 0.717) is 25.1 Å². The van der Waals surface area contributed by atoms with Gasteiger partial charge < -0.3 is 24.4 Å². The van der Waals surface area contributed by atoms with E-state index in [-0.39, 0.29) is 35.5 Å². The van der Waals surface area contributed by atoms with Gasteiger partial charge in [-0.05, 0) is 108 Å². The normalized spacial score (nSPS) is 20.2. The van der Waals surface area contributed by atoms with Crippen LogP contribution in [0.5, 0.6) is 11.5 Å². The second-order valence-corrected chi connectivity index (χ2v) is 15.4. The molecule has 0 aliphatic carbocycles. The minimum atomic E-state index is -0.607. The van der Waals surface area contributed by atoms with Gasteiger partial charge in [0.25, 0.3) is 5.91 Å². The third-order valence-corrected chi connectivity index (χ3v) is 11.8. The number of morpholine rings is 1. The summed E-state index contributed by atoms with van der Waals surface area (Å²) in [5.41, 5.74) is 8.25. The highest BCUT2D eigenvalue weighted by Crippen LogP contribution is 2.37. The molecule has 4 aliphatic rings. The molecule has 4 heterocycles. The Kier molecular flexibility index (Phi) is 10.9. The zero-order chi connectivity index (χ0) is 38.6. The molecule has 4 aliphatic heterocycles. The van der Waals surface area contributed by atoms with E-state index in [9.17, 15) is 19.5 Å². The van der Waals surface area contributed by atoms with E-state index in [0.717, 1.165) is 98.7 Å². The molecule has 3 amide bonds. The van der Waals surface area contributed by atoms with Crippen LogP contribution in [0.3, 0.4) is 0 Å². The fourth-order valence-corrected chi connectivity index (χ4v) is 8.85. The third-order valence-electron chi connectivity index (χ3n) is 11.8. The first kappa shape index (κ1) is 37.5. The summed E-state index contributed by atoms with van der Waals surface area (Å²) in [4.78, 5) is 43.8. The number of imide groups is 1. The SMILES string of the molecule is CC/C(=C(\c1ccc(O)cc1)c1ccc(OCCCN2CCOC3(CCN(c4ccc5c(c4)CN(C4CCC(=O)NC4=O)C5=O)CC3)C2)cc1)c1ccccc1. The molecule has 1 unspecified atom stereocenters. The number of phenolic OH excluding ortho intramolecular Hbond substituents is 1. The maximum absolute atomic E-state index is 13.2. The number of piperidine rings is 2. The Morgan fingerprint density at radius 2 is 1.62 bits per heavy atom. The summed E-state index contributed by atoms with van der Waals surface area (Å²) in [6, 6.07) is 31.7. The van der Waals surface area contributed by atoms with Crippen molar-refractivity contribution in [2.45, 2.75) is 63.6 Å². The highest BCUT2D eigenvalue weighted by molar-refractivity contribution is 6.05. The summed E-state index contributed by atoms with van der Waals surface area (Å²) in [5.74, 6) is 0.293. The number of anilines is 1. The number of phenols is 1. The number of allylic oxidation sites excluding steroid dienone is 1. The summed E-state index contributed by atoms with van der Waals surface area (Å²) in [7, 11) is 0. The molecule has 3 fully saturated rings. The first-order valence-corrected chi connectivity index (χ1v) is 20.0. The number of nitrogens with one attached hydrogen (secondary N) is 1. The van der Waals surface area contributed by atoms with Crippen LogP contribution in [0.15, 0.2) is 97.1 Å². The van der Waals surface area contributed by atoms with Gasteiger partial charge in [-0.1, -0.05) is 61.5 Å². The lowest BCUT2D eigenvalue weighted by Crippen LogP contribution is -2.57. The van der Waals surface area contributed by atoms with Crippen LogP contribution in [0.4, 0.5) is 5.69 Å². The lowest BCUT2D eigenvalue weighted by Gasteiger charge is -2.48. The average molecular weight is 755 g/mol. The summed E-state index contributed by atoms with van der Waals surface area (Å²) in [5, 5.41) is 12.3. The van der Waals surface area contributed by atoms with E-state index in [2.05, 4.69) is 76.6 Å². The van der Waals surface area contributed by atoms with Crippen LogP contribution in [0.25, 0.3) is 11.1 Å². The molecule has 3 saturated heterocycles. The van der Waals surface area contributed by atoms with E-state index in [1.165, 1.54) is 11.1 Å². The Hall–Kier alpha value is -5.45. The van der Waals surface area contributed by atoms with Crippen LogP contribution >= 0.6 is 0 Å². The predicted molar refractivity (Wildman–Crippen MR) is 216 cm³/mol. The van der Waals surface area contributed by atoms with Gasteiger partial charge in [0.2, 0.25) is 11.8 Å². The van der Waals surface area contributed by atoms with Crippen molar-refractivity contribution in [1.82, 2.24) is 15.1 Å². The number of carbonyl (C=O) groups is 3. The summed E-state index contributed by atoms with van der Waals surface area (Å²) in [6.07, 6.45) is 4.25. The minimum absolute atomic E-state index is 0.143. The van der Waals surface area contributed by atoms with Crippen LogP contribution in [0.1, 0.15) is 78.1 Å². The molecule has 2 N–H and O–H groups in total. The summed E-state index contributed by atoms with van der Waals surface area (Å²) >= 11 is 0. The Bertz CT molecular complexity index is 2090. The Morgan fingerprint density at radius 3 is 2.34 bits per heavy atom. The first-order valence-electron chi connectivity index (χ1n) is 20.0. The lowest BCUT2D eigenvalue weighted by atomic mass is 9.88. The molecular formula is C46H50N4O6. The van der Waals surface area contributed by atoms with Crippen LogP contribution in [0, 0.1) is 0 Å². The lowest BCUT2D eigenvalue weighted by molar-refractivity contribution is -0.136. The number of nitrogens with zero attached hydrogens (tertiary/aromatic N) is 3. The first-order chi connectivity index (χ1) is 27.3. The number of rotatable bonds is 11. The number of hydrogen-bond donors (Lipinski definition) is 2. The van der Waals surface area contributed by atoms with Gasteiger partial charge in [0.1, 0.15) is 17.5 Å². The van der Waals surface area contributed by atoms with Gasteiger partial charge in [-0.25, -0.2) is 0 Å². The molecule has 1 spiro atoms. The van der Waals surface area contributed by atoms with Gasteiger partial charge in [0, 0.05) is 56.9 Å². The Morgan fingerprint density at radius 1 is 0.893 bits per heavy atom. The smallest absolute Gasteiger partial charge is 0.255 e. The van der Waals surface area contributed by atoms with Crippen molar-refractivity contribution >= 4 is 34.6 Å². The van der Waals surface area contributed by atoms with Crippen molar-refractivity contribution in [3.8, 4) is 11.5 Å². The van der Waals surface area contributed by atoms with Crippen LogP contribution < -0.4 is 15.0 Å². The van der Waals surface area contributed by atoms with E-state index in [1.807, 2.05) is 30.3 Å². The second-order valence-electron chi connectivity index (χ2n) is 15.4. The van der Waals surface area contributed by atoms with Gasteiger partial charge in [-0.3, -0.25) is 24.6 Å². The molecule has 0 bridgehead atoms. The van der Waals surface area contributed by atoms with Crippen molar-refractivity contribution in [1.29, 1.82) is 0 Å². The maximum atomic E-state index is 13.2. The van der Waals surface area contributed by atoms with E-state index in [4.69, 9.17) is 9.47 Å². The zero-order valence-corrected chi connectivity index (χ0v) is 32.0. The largest absolute Gasteiger partial charge is 0.508 e. The molecule has 4 aromatic rings. The fourth-order valence-electron chi connectivity index (χ4n) is 8.85. The number of fused-ring (bicyclic) bond motifs is 1. The van der Waals surface area contributed by atoms with Crippen LogP contribution in [-0.2, 0) is 20.9 Å². The van der Waals surface area contributed by atoms with Crippen LogP contribution in [-0.4, -0.2) is 90.2 Å². The van der Waals surface area contributed by atoms with Crippen molar-refractivity contribution < 1.29 is 29.0 Å². The number of hydrogen-bond acceptors (Lipinski definition) is 8. The average Bonchev–Trinajstić information content (AvgIpc) is 3.54. The van der Waals surface area contributed by atoms with E-state index in [1.54, 1.807) is 17.0 Å². The van der Waals surface area contributed by atoms with Gasteiger partial charge in [-0.15, -0.1) is 0 Å². The number of aromatic hydroxyl groups is 1. The van der Waals surface area contributed by atoms with E-state index >= 15 is 0 Å². The molecule has 290 valence electrons. The molecule has 8 rings (SSSR count). The van der Waals surface area contributed by atoms with E-state index < -0.39 is 6.04 Å². The standard InChI is InChI=1S/C46H50N4O6/c1-2-39(32-7-4-3-5-8-32)43(33-9-14-37(51)15-10-33)34-11-16-38(17-12-34)55-27-6-23-48-26-28-56-46(31-48)21-24-49(25-22-46)36-13-18-40-35(29-36)30-50(45(40)54)41-19-20-42(52)47-44(41)53/h3-5,7-18,29,41,51H,2,6,19-28,30-31H2,1H3,(H,47,52,53)/b43-39-. The molecular weight excluding hydrogens is 705 g/mol. The molecule has 10 nitrogen and oxygen atoms in total. The molecule has 4 aromatic carbocycles. The van der Waals surface area contributed by atoms with Crippen molar-refractivity contribution in [3.05, 3.63) is 125 Å². The molecule has 1 atom stereocenters. The fraction of sp³-hybridized carbons (Fsp3) is 0.370. The van der Waals surface area contributed by atoms with Crippen molar-refractivity contribution in [2.24, 2.45) is 0 Å². The quantitative estimate of drug-likeness (QED) is 0.0994. The number of ether oxygens (including phenoxy) is 2. The minimum Gasteiger partial charge on any atom is -0.508 e. The zero-order valence-electron chi connectivity index (χ0n) is 32.0. The summed E-state index contributed by atoms with van der Waals surface area (Å²) in [6.45, 7) is 8.41. The Labute approximate surface area is 328 Å². The monoisotopic (exact) mass is 754 g/mol. The molecule has 0 radical (unpaired) electrons. The number of amides is 3. The molecule has 0 aromatic heterocycles. The highest BCUT2D eigenvalue weighted by Gasteiger charge is 2.41. The molecule has 0 saturated carbocycles. The topological polar surface area (TPSA) is 112 Å². The second kappa shape index (κ2) is 16.3. The van der Waals surface area contributed by atoms with Crippen molar-refractivity contribution in [3.63, 3.8) is 0 Å². The number of carbonyl (C=O) groups excluding carboxylic acids is 3. The maximum Gasteiger partial charge on any atom is 0.255 e. The van der Waals surface area contributed by atoms with Gasteiger partial charge >= 0.3 is 0 Å². The van der Waals surface area contributed by atoms with Gasteiger partial charge in [0.15, 0.2) is 0 Å². The van der Waals surface area contributed by atoms with Crippen LogP contribution in [0.2, 0.25) is 0 Å². The number of benzene rings is 4. The highest BCUT2D eigenvalue weighted by atomic mass is 16.5. The Balaban J connectivity index is 0.833. The molecule has 10 heteroatoms. The predicted octanol–water partition coefficient (Wildman–Crippen LogP) is 6.66. The summed E-state index contributed by atoms with van der Waals surface area (Å²) < 4.78 is 12.7. The van der Waals surface area contributed by atoms with Gasteiger partial charge in [-0.2, -0.15) is 0 Å².